The smallest absolute Gasteiger partial charge is 0.0508 e. The van der Waals surface area contributed by atoms with Gasteiger partial charge in [-0.15, -0.1) is 0 Å². The summed E-state index contributed by atoms with van der Waals surface area (Å²) < 4.78 is 1.28. The summed E-state index contributed by atoms with van der Waals surface area (Å²) in [4.78, 5) is 3.69. The molecule has 0 saturated heterocycles. The minimum absolute atomic E-state index is 0.763. The molecule has 1 heterocycles. The van der Waals surface area contributed by atoms with Crippen molar-refractivity contribution in [1.82, 2.24) is 4.98 Å². The maximum absolute atomic E-state index is 5.69. The van der Waals surface area contributed by atoms with Gasteiger partial charge in [0.2, 0.25) is 0 Å². The molecule has 0 fully saturated rings. The van der Waals surface area contributed by atoms with Crippen LogP contribution in [-0.4, -0.2) is 11.5 Å². The lowest BCUT2D eigenvalue weighted by Gasteiger charge is -2.08. The zero-order valence-electron chi connectivity index (χ0n) is 13.7. The van der Waals surface area contributed by atoms with Gasteiger partial charge < -0.3 is 10.7 Å². The summed E-state index contributed by atoms with van der Waals surface area (Å²) in [6.07, 6.45) is 3.28. The number of rotatable bonds is 5. The van der Waals surface area contributed by atoms with Gasteiger partial charge in [-0.05, 0) is 91.1 Å². The number of nitrogens with one attached hydrogen (secondary N) is 1. The third-order valence-corrected chi connectivity index (χ3v) is 5.31. The first-order valence-corrected chi connectivity index (χ1v) is 9.26. The molecule has 0 unspecified atom stereocenters. The van der Waals surface area contributed by atoms with Crippen molar-refractivity contribution in [2.75, 3.05) is 6.54 Å². The number of unbranched alkanes of at least 4 members (excludes halogenated alkanes) is 1. The molecular formula is C20H23IN2. The Morgan fingerprint density at radius 3 is 2.61 bits per heavy atom. The summed E-state index contributed by atoms with van der Waals surface area (Å²) in [6.45, 7) is 5.14. The van der Waals surface area contributed by atoms with Crippen LogP contribution in [0.1, 0.15) is 29.5 Å². The average molecular weight is 418 g/mol. The molecule has 0 amide bonds. The van der Waals surface area contributed by atoms with Crippen LogP contribution in [0.15, 0.2) is 36.4 Å². The van der Waals surface area contributed by atoms with Crippen molar-refractivity contribution < 1.29 is 0 Å². The minimum Gasteiger partial charge on any atom is -0.354 e. The predicted molar refractivity (Wildman–Crippen MR) is 108 cm³/mol. The summed E-state index contributed by atoms with van der Waals surface area (Å²) in [5.41, 5.74) is 13.6. The second-order valence-electron chi connectivity index (χ2n) is 6.21. The van der Waals surface area contributed by atoms with Crippen molar-refractivity contribution >= 4 is 33.5 Å². The van der Waals surface area contributed by atoms with Crippen LogP contribution in [0.5, 0.6) is 0 Å². The fourth-order valence-electron chi connectivity index (χ4n) is 3.39. The molecule has 0 radical (unpaired) electrons. The van der Waals surface area contributed by atoms with E-state index in [1.165, 1.54) is 42.4 Å². The van der Waals surface area contributed by atoms with E-state index in [0.717, 1.165) is 25.8 Å². The molecule has 0 atom stereocenters. The van der Waals surface area contributed by atoms with E-state index in [0.29, 0.717) is 0 Å². The van der Waals surface area contributed by atoms with E-state index < -0.39 is 0 Å². The molecule has 2 nitrogen and oxygen atoms in total. The molecule has 1 aromatic heterocycles. The van der Waals surface area contributed by atoms with Crippen molar-refractivity contribution in [3.63, 3.8) is 0 Å². The average Bonchev–Trinajstić information content (AvgIpc) is 2.86. The van der Waals surface area contributed by atoms with Gasteiger partial charge in [0.15, 0.2) is 0 Å². The fourth-order valence-corrected chi connectivity index (χ4v) is 4.05. The van der Waals surface area contributed by atoms with Crippen LogP contribution in [-0.2, 0) is 6.42 Å². The normalized spacial score (nSPS) is 11.3. The molecule has 0 aliphatic heterocycles. The molecule has 3 heteroatoms. The number of aromatic nitrogens is 1. The fraction of sp³-hybridized carbons (Fsp3) is 0.300. The molecule has 120 valence electrons. The summed E-state index contributed by atoms with van der Waals surface area (Å²) in [5, 5.41) is 1.39. The topological polar surface area (TPSA) is 41.8 Å². The number of benzene rings is 2. The summed E-state index contributed by atoms with van der Waals surface area (Å²) in [6, 6.07) is 13.1. The highest BCUT2D eigenvalue weighted by Crippen LogP contribution is 2.35. The summed E-state index contributed by atoms with van der Waals surface area (Å²) in [7, 11) is 0. The van der Waals surface area contributed by atoms with Crippen molar-refractivity contribution in [3.8, 4) is 11.3 Å². The third kappa shape index (κ3) is 3.31. The lowest BCUT2D eigenvalue weighted by molar-refractivity contribution is 0.748. The third-order valence-electron chi connectivity index (χ3n) is 4.37. The number of nitrogens with two attached hydrogens (primary N) is 1. The van der Waals surface area contributed by atoms with Gasteiger partial charge in [0.25, 0.3) is 0 Å². The van der Waals surface area contributed by atoms with E-state index in [4.69, 9.17) is 5.73 Å². The van der Waals surface area contributed by atoms with Crippen LogP contribution in [0.25, 0.3) is 22.2 Å². The lowest BCUT2D eigenvalue weighted by Crippen LogP contribution is -1.99. The van der Waals surface area contributed by atoms with Crippen molar-refractivity contribution in [1.29, 1.82) is 0 Å². The van der Waals surface area contributed by atoms with E-state index in [9.17, 15) is 0 Å². The molecule has 2 aromatic carbocycles. The maximum Gasteiger partial charge on any atom is 0.0508 e. The van der Waals surface area contributed by atoms with Crippen LogP contribution >= 0.6 is 22.6 Å². The van der Waals surface area contributed by atoms with Crippen molar-refractivity contribution in [3.05, 3.63) is 56.7 Å². The number of fused-ring (bicyclic) bond motifs is 1. The van der Waals surface area contributed by atoms with Gasteiger partial charge in [-0.1, -0.05) is 24.3 Å². The van der Waals surface area contributed by atoms with Gasteiger partial charge in [0.05, 0.1) is 5.69 Å². The number of H-pyrrole nitrogens is 1. The van der Waals surface area contributed by atoms with E-state index in [2.05, 4.69) is 77.8 Å². The second kappa shape index (κ2) is 7.05. The summed E-state index contributed by atoms with van der Waals surface area (Å²) >= 11 is 2.43. The highest BCUT2D eigenvalue weighted by molar-refractivity contribution is 14.1. The number of hydrogen-bond acceptors (Lipinski definition) is 1. The van der Waals surface area contributed by atoms with Crippen LogP contribution in [0.3, 0.4) is 0 Å². The van der Waals surface area contributed by atoms with E-state index in [-0.39, 0.29) is 0 Å². The number of aryl methyl sites for hydroxylation is 3. The van der Waals surface area contributed by atoms with Gasteiger partial charge in [-0.25, -0.2) is 0 Å². The first-order chi connectivity index (χ1) is 11.1. The Hall–Kier alpha value is -1.33. The first kappa shape index (κ1) is 16.5. The Balaban J connectivity index is 2.21. The van der Waals surface area contributed by atoms with E-state index in [1.54, 1.807) is 0 Å². The highest BCUT2D eigenvalue weighted by atomic mass is 127. The van der Waals surface area contributed by atoms with Crippen LogP contribution in [0, 0.1) is 17.4 Å². The maximum atomic E-state index is 5.69. The van der Waals surface area contributed by atoms with Gasteiger partial charge in [-0.3, -0.25) is 0 Å². The van der Waals surface area contributed by atoms with Crippen molar-refractivity contribution in [2.24, 2.45) is 5.73 Å². The zero-order chi connectivity index (χ0) is 16.4. The van der Waals surface area contributed by atoms with Gasteiger partial charge in [0.1, 0.15) is 0 Å². The zero-order valence-corrected chi connectivity index (χ0v) is 15.9. The molecule has 0 aliphatic carbocycles. The Morgan fingerprint density at radius 2 is 1.87 bits per heavy atom. The van der Waals surface area contributed by atoms with Crippen LogP contribution in [0.4, 0.5) is 0 Å². The molecule has 0 aliphatic rings. The molecule has 23 heavy (non-hydrogen) atoms. The van der Waals surface area contributed by atoms with E-state index in [1.807, 2.05) is 0 Å². The molecular weight excluding hydrogens is 395 g/mol. The largest absolute Gasteiger partial charge is 0.354 e. The van der Waals surface area contributed by atoms with Crippen molar-refractivity contribution in [2.45, 2.75) is 33.1 Å². The first-order valence-electron chi connectivity index (χ1n) is 8.18. The van der Waals surface area contributed by atoms with Gasteiger partial charge in [-0.2, -0.15) is 0 Å². The predicted octanol–water partition coefficient (Wildman–Crippen LogP) is 5.34. The lowest BCUT2D eigenvalue weighted by atomic mass is 9.97. The van der Waals surface area contributed by atoms with E-state index >= 15 is 0 Å². The molecule has 3 aromatic rings. The Labute approximate surface area is 151 Å². The molecule has 0 bridgehead atoms. The van der Waals surface area contributed by atoms with Crippen LogP contribution < -0.4 is 5.73 Å². The monoisotopic (exact) mass is 418 g/mol. The highest BCUT2D eigenvalue weighted by Gasteiger charge is 2.16. The second-order valence-corrected chi connectivity index (χ2v) is 7.37. The Bertz CT molecular complexity index is 833. The Morgan fingerprint density at radius 1 is 1.09 bits per heavy atom. The number of hydrogen-bond donors (Lipinski definition) is 2. The SMILES string of the molecule is Cc1cc(C)c2c(CCCCN)c(-c3ccccc3I)[nH]c2c1. The minimum atomic E-state index is 0.763. The van der Waals surface area contributed by atoms with Gasteiger partial charge in [0, 0.05) is 20.0 Å². The Kier molecular flexibility index (Phi) is 5.07. The molecule has 3 rings (SSSR count). The number of halogens is 1. The van der Waals surface area contributed by atoms with Gasteiger partial charge >= 0.3 is 0 Å². The number of aromatic amines is 1. The molecule has 0 saturated carbocycles. The summed E-state index contributed by atoms with van der Waals surface area (Å²) in [5.74, 6) is 0. The van der Waals surface area contributed by atoms with Crippen LogP contribution in [0.2, 0.25) is 0 Å². The standard InChI is InChI=1S/C20H23IN2/c1-13-11-14(2)19-16(8-5-6-10-22)20(23-18(19)12-13)15-7-3-4-9-17(15)21/h3-4,7,9,11-12,23H,5-6,8,10,22H2,1-2H3. The quantitative estimate of drug-likeness (QED) is 0.427. The molecule has 3 N–H and O–H groups in total. The molecule has 0 spiro atoms.